The maximum atomic E-state index is 12.7. The zero-order valence-corrected chi connectivity index (χ0v) is 9.92. The van der Waals surface area contributed by atoms with Crippen molar-refractivity contribution in [2.75, 3.05) is 7.05 Å². The number of hydrogen-bond acceptors (Lipinski definition) is 4. The van der Waals surface area contributed by atoms with E-state index in [4.69, 9.17) is 5.84 Å². The highest BCUT2D eigenvalue weighted by atomic mass is 19.3. The van der Waals surface area contributed by atoms with Crippen molar-refractivity contribution in [3.8, 4) is 0 Å². The van der Waals surface area contributed by atoms with E-state index in [-0.39, 0.29) is 18.9 Å². The van der Waals surface area contributed by atoms with Gasteiger partial charge in [-0.25, -0.2) is 8.78 Å². The minimum Gasteiger partial charge on any atom is -0.323 e. The summed E-state index contributed by atoms with van der Waals surface area (Å²) in [4.78, 5) is 4.36. The summed E-state index contributed by atoms with van der Waals surface area (Å²) in [6.07, 6.45) is 2.18. The molecule has 1 atom stereocenters. The Hall–Kier alpha value is -1.04. The minimum absolute atomic E-state index is 0.135. The fraction of sp³-hybridized carbons (Fsp3) is 0.818. The second-order valence-corrected chi connectivity index (χ2v) is 4.80. The SMILES string of the molecule is CNC1CCC(=NC2CC(F)(F)C2)C(=NN)C1. The second-order valence-electron chi connectivity index (χ2n) is 4.80. The molecule has 0 saturated heterocycles. The van der Waals surface area contributed by atoms with Crippen LogP contribution in [0.25, 0.3) is 0 Å². The van der Waals surface area contributed by atoms with Crippen LogP contribution in [0.15, 0.2) is 10.1 Å². The molecule has 0 bridgehead atoms. The minimum atomic E-state index is -2.52. The van der Waals surface area contributed by atoms with Crippen molar-refractivity contribution in [2.45, 2.75) is 50.1 Å². The Balaban J connectivity index is 1.99. The van der Waals surface area contributed by atoms with Crippen LogP contribution in [-0.2, 0) is 0 Å². The monoisotopic (exact) mass is 244 g/mol. The third-order valence-electron chi connectivity index (χ3n) is 3.47. The van der Waals surface area contributed by atoms with Crippen molar-refractivity contribution in [3.05, 3.63) is 0 Å². The first kappa shape index (κ1) is 12.4. The number of hydrazone groups is 1. The van der Waals surface area contributed by atoms with Gasteiger partial charge in [-0.05, 0) is 19.9 Å². The molecule has 2 aliphatic carbocycles. The van der Waals surface area contributed by atoms with Gasteiger partial charge in [-0.1, -0.05) is 0 Å². The summed E-state index contributed by atoms with van der Waals surface area (Å²) < 4.78 is 25.4. The van der Waals surface area contributed by atoms with Crippen LogP contribution in [0.5, 0.6) is 0 Å². The highest BCUT2D eigenvalue weighted by Gasteiger charge is 2.45. The average Bonchev–Trinajstić information content (AvgIpc) is 2.27. The van der Waals surface area contributed by atoms with Crippen molar-refractivity contribution in [1.29, 1.82) is 0 Å². The highest BCUT2D eigenvalue weighted by molar-refractivity contribution is 6.43. The molecule has 2 saturated carbocycles. The summed E-state index contributed by atoms with van der Waals surface area (Å²) in [5.74, 6) is 2.81. The zero-order valence-electron chi connectivity index (χ0n) is 9.92. The van der Waals surface area contributed by atoms with Crippen LogP contribution in [0.4, 0.5) is 8.78 Å². The third-order valence-corrected chi connectivity index (χ3v) is 3.47. The molecule has 2 aliphatic rings. The number of aliphatic imine (C=N–C) groups is 1. The van der Waals surface area contributed by atoms with Crippen molar-refractivity contribution in [3.63, 3.8) is 0 Å². The summed E-state index contributed by atoms with van der Waals surface area (Å²) in [7, 11) is 1.90. The van der Waals surface area contributed by atoms with E-state index < -0.39 is 5.92 Å². The van der Waals surface area contributed by atoms with E-state index >= 15 is 0 Å². The van der Waals surface area contributed by atoms with Crippen molar-refractivity contribution in [2.24, 2.45) is 15.9 Å². The maximum absolute atomic E-state index is 12.7. The molecule has 0 aromatic carbocycles. The molecular formula is C11H18F2N4. The van der Waals surface area contributed by atoms with E-state index in [1.54, 1.807) is 0 Å². The molecule has 0 aromatic heterocycles. The Kier molecular flexibility index (Phi) is 3.42. The topological polar surface area (TPSA) is 62.8 Å². The Morgan fingerprint density at radius 1 is 1.35 bits per heavy atom. The van der Waals surface area contributed by atoms with Gasteiger partial charge in [0.1, 0.15) is 0 Å². The van der Waals surface area contributed by atoms with Crippen LogP contribution in [-0.4, -0.2) is 36.5 Å². The smallest absolute Gasteiger partial charge is 0.252 e. The average molecular weight is 244 g/mol. The van der Waals surface area contributed by atoms with E-state index in [1.165, 1.54) is 0 Å². The molecule has 0 radical (unpaired) electrons. The summed E-state index contributed by atoms with van der Waals surface area (Å²) >= 11 is 0. The molecule has 0 aromatic rings. The van der Waals surface area contributed by atoms with Crippen LogP contribution in [0.2, 0.25) is 0 Å². The Labute approximate surface area is 99.4 Å². The lowest BCUT2D eigenvalue weighted by Crippen LogP contribution is -2.41. The molecule has 2 rings (SSSR count). The number of hydrogen-bond donors (Lipinski definition) is 2. The normalized spacial score (nSPS) is 33.9. The van der Waals surface area contributed by atoms with Gasteiger partial charge >= 0.3 is 0 Å². The van der Waals surface area contributed by atoms with Gasteiger partial charge < -0.3 is 11.2 Å². The van der Waals surface area contributed by atoms with Gasteiger partial charge in [-0.15, -0.1) is 0 Å². The van der Waals surface area contributed by atoms with E-state index in [0.29, 0.717) is 6.04 Å². The molecule has 6 heteroatoms. The van der Waals surface area contributed by atoms with Crippen LogP contribution in [0, 0.1) is 0 Å². The lowest BCUT2D eigenvalue weighted by atomic mass is 9.87. The maximum Gasteiger partial charge on any atom is 0.252 e. The second kappa shape index (κ2) is 4.68. The molecule has 2 fully saturated rings. The standard InChI is InChI=1S/C11H18F2N4/c1-15-7-2-3-9(10(4-7)17-14)16-8-5-11(12,13)6-8/h7-8,15H,2-6,14H2,1H3. The summed E-state index contributed by atoms with van der Waals surface area (Å²) in [6, 6.07) is 0.113. The Morgan fingerprint density at radius 3 is 2.59 bits per heavy atom. The van der Waals surface area contributed by atoms with Crippen LogP contribution in [0.3, 0.4) is 0 Å². The number of halogens is 2. The van der Waals surface area contributed by atoms with Crippen molar-refractivity contribution >= 4 is 11.4 Å². The lowest BCUT2D eigenvalue weighted by Gasteiger charge is -2.33. The molecule has 3 N–H and O–H groups in total. The van der Waals surface area contributed by atoms with Crippen LogP contribution < -0.4 is 11.2 Å². The van der Waals surface area contributed by atoms with E-state index in [2.05, 4.69) is 15.4 Å². The van der Waals surface area contributed by atoms with Crippen LogP contribution >= 0.6 is 0 Å². The number of rotatable bonds is 2. The first-order valence-electron chi connectivity index (χ1n) is 5.93. The third kappa shape index (κ3) is 2.80. The van der Waals surface area contributed by atoms with Gasteiger partial charge in [0.25, 0.3) is 5.92 Å². The van der Waals surface area contributed by atoms with Crippen LogP contribution in [0.1, 0.15) is 32.1 Å². The van der Waals surface area contributed by atoms with E-state index in [0.717, 1.165) is 30.7 Å². The quantitative estimate of drug-likeness (QED) is 0.568. The van der Waals surface area contributed by atoms with Gasteiger partial charge in [0.15, 0.2) is 0 Å². The Morgan fingerprint density at radius 2 is 2.06 bits per heavy atom. The Bertz CT molecular complexity index is 343. The van der Waals surface area contributed by atoms with Gasteiger partial charge in [0.05, 0.1) is 17.5 Å². The van der Waals surface area contributed by atoms with Crippen molar-refractivity contribution in [1.82, 2.24) is 5.32 Å². The van der Waals surface area contributed by atoms with E-state index in [1.807, 2.05) is 7.05 Å². The highest BCUT2D eigenvalue weighted by Crippen LogP contribution is 2.39. The first-order chi connectivity index (χ1) is 8.04. The lowest BCUT2D eigenvalue weighted by molar-refractivity contribution is -0.0834. The van der Waals surface area contributed by atoms with Gasteiger partial charge in [0, 0.05) is 25.3 Å². The molecule has 0 heterocycles. The molecule has 17 heavy (non-hydrogen) atoms. The summed E-state index contributed by atoms with van der Waals surface area (Å²) in [6.45, 7) is 0. The van der Waals surface area contributed by atoms with Gasteiger partial charge in [0.2, 0.25) is 0 Å². The van der Waals surface area contributed by atoms with Gasteiger partial charge in [-0.3, -0.25) is 4.99 Å². The zero-order chi connectivity index (χ0) is 12.5. The largest absolute Gasteiger partial charge is 0.323 e. The number of nitrogens with one attached hydrogen (secondary N) is 1. The fourth-order valence-corrected chi connectivity index (χ4v) is 2.36. The molecule has 1 unspecified atom stereocenters. The molecule has 0 aliphatic heterocycles. The summed E-state index contributed by atoms with van der Waals surface area (Å²) in [5, 5.41) is 6.91. The molecule has 0 spiro atoms. The number of nitrogens with zero attached hydrogens (tertiary/aromatic N) is 2. The first-order valence-corrected chi connectivity index (χ1v) is 5.93. The summed E-state index contributed by atoms with van der Waals surface area (Å²) in [5.41, 5.74) is 1.57. The predicted octanol–water partition coefficient (Wildman–Crippen LogP) is 1.31. The number of nitrogens with two attached hydrogens (primary N) is 1. The van der Waals surface area contributed by atoms with Gasteiger partial charge in [-0.2, -0.15) is 5.10 Å². The van der Waals surface area contributed by atoms with Crippen molar-refractivity contribution < 1.29 is 8.78 Å². The fourth-order valence-electron chi connectivity index (χ4n) is 2.36. The van der Waals surface area contributed by atoms with E-state index in [9.17, 15) is 8.78 Å². The molecule has 0 amide bonds. The molecule has 4 nitrogen and oxygen atoms in total. The predicted molar refractivity (Wildman–Crippen MR) is 63.7 cm³/mol. The number of alkyl halides is 2. The molecule has 96 valence electrons. The molecular weight excluding hydrogens is 226 g/mol.